The minimum absolute atomic E-state index is 0.0435. The van der Waals surface area contributed by atoms with Crippen molar-refractivity contribution in [3.63, 3.8) is 0 Å². The van der Waals surface area contributed by atoms with E-state index in [4.69, 9.17) is 18.6 Å². The second-order valence-corrected chi connectivity index (χ2v) is 5.20. The van der Waals surface area contributed by atoms with Crippen molar-refractivity contribution in [2.75, 3.05) is 13.7 Å². The number of rotatable bonds is 9. The van der Waals surface area contributed by atoms with Crippen LogP contribution >= 0.6 is 0 Å². The molecule has 0 fully saturated rings. The van der Waals surface area contributed by atoms with Crippen LogP contribution in [0.5, 0.6) is 11.5 Å². The molecule has 2 aromatic rings. The van der Waals surface area contributed by atoms with Gasteiger partial charge in [-0.05, 0) is 43.3 Å². The van der Waals surface area contributed by atoms with E-state index >= 15 is 0 Å². The highest BCUT2D eigenvalue weighted by Crippen LogP contribution is 2.17. The van der Waals surface area contributed by atoms with E-state index in [9.17, 15) is 9.59 Å². The first-order valence-electron chi connectivity index (χ1n) is 7.85. The standard InChI is InChI=1S/C18H21NO6/c1-13(18(21)19-12-16-4-3-10-23-16)25-17(20)9-11-24-15-7-5-14(22-2)6-8-15/h3-8,10,13H,9,11-12H2,1-2H3,(H,19,21). The summed E-state index contributed by atoms with van der Waals surface area (Å²) in [7, 11) is 1.58. The number of nitrogens with one attached hydrogen (secondary N) is 1. The molecular formula is C18H21NO6. The normalized spacial score (nSPS) is 11.4. The van der Waals surface area contributed by atoms with Gasteiger partial charge < -0.3 is 23.9 Å². The molecule has 2 rings (SSSR count). The van der Waals surface area contributed by atoms with Crippen LogP contribution in [0.4, 0.5) is 0 Å². The van der Waals surface area contributed by atoms with E-state index in [0.29, 0.717) is 11.5 Å². The van der Waals surface area contributed by atoms with Crippen molar-refractivity contribution in [2.45, 2.75) is 26.0 Å². The van der Waals surface area contributed by atoms with Crippen molar-refractivity contribution < 1.29 is 28.2 Å². The zero-order valence-corrected chi connectivity index (χ0v) is 14.2. The monoisotopic (exact) mass is 347 g/mol. The van der Waals surface area contributed by atoms with Gasteiger partial charge in [0.2, 0.25) is 0 Å². The molecular weight excluding hydrogens is 326 g/mol. The fourth-order valence-corrected chi connectivity index (χ4v) is 1.96. The number of carbonyl (C=O) groups excluding carboxylic acids is 2. The molecule has 1 heterocycles. The highest BCUT2D eigenvalue weighted by Gasteiger charge is 2.17. The maximum atomic E-state index is 11.9. The van der Waals surface area contributed by atoms with Crippen molar-refractivity contribution in [1.82, 2.24) is 5.32 Å². The molecule has 1 atom stereocenters. The lowest BCUT2D eigenvalue weighted by atomic mass is 10.3. The number of benzene rings is 1. The van der Waals surface area contributed by atoms with Crippen molar-refractivity contribution >= 4 is 11.9 Å². The van der Waals surface area contributed by atoms with Crippen LogP contribution in [0, 0.1) is 0 Å². The molecule has 0 aliphatic carbocycles. The second-order valence-electron chi connectivity index (χ2n) is 5.20. The van der Waals surface area contributed by atoms with Gasteiger partial charge in [-0.3, -0.25) is 9.59 Å². The average Bonchev–Trinajstić information content (AvgIpc) is 3.13. The molecule has 1 unspecified atom stereocenters. The summed E-state index contributed by atoms with van der Waals surface area (Å²) >= 11 is 0. The van der Waals surface area contributed by atoms with Crippen LogP contribution in [0.15, 0.2) is 47.1 Å². The summed E-state index contributed by atoms with van der Waals surface area (Å²) in [6.45, 7) is 1.92. The zero-order chi connectivity index (χ0) is 18.1. The summed E-state index contributed by atoms with van der Waals surface area (Å²) in [6.07, 6.45) is 0.679. The van der Waals surface area contributed by atoms with Crippen LogP contribution in [0.25, 0.3) is 0 Å². The number of hydrogen-bond donors (Lipinski definition) is 1. The number of furan rings is 1. The van der Waals surface area contributed by atoms with Gasteiger partial charge in [0.15, 0.2) is 6.10 Å². The predicted octanol–water partition coefficient (Wildman–Crippen LogP) is 2.31. The largest absolute Gasteiger partial charge is 0.497 e. The van der Waals surface area contributed by atoms with Crippen LogP contribution < -0.4 is 14.8 Å². The smallest absolute Gasteiger partial charge is 0.310 e. The van der Waals surface area contributed by atoms with E-state index < -0.39 is 12.1 Å². The molecule has 1 N–H and O–H groups in total. The molecule has 0 saturated heterocycles. The molecule has 1 amide bonds. The van der Waals surface area contributed by atoms with Gasteiger partial charge in [-0.15, -0.1) is 0 Å². The van der Waals surface area contributed by atoms with Gasteiger partial charge in [-0.25, -0.2) is 0 Å². The summed E-state index contributed by atoms with van der Waals surface area (Å²) in [5.74, 6) is 1.08. The number of carbonyl (C=O) groups is 2. The van der Waals surface area contributed by atoms with Gasteiger partial charge in [0.05, 0.1) is 32.9 Å². The van der Waals surface area contributed by atoms with E-state index in [1.54, 1.807) is 43.5 Å². The Labute approximate surface area is 145 Å². The Balaban J connectivity index is 1.65. The van der Waals surface area contributed by atoms with Gasteiger partial charge in [-0.1, -0.05) is 0 Å². The van der Waals surface area contributed by atoms with E-state index in [1.165, 1.54) is 13.2 Å². The number of ether oxygens (including phenoxy) is 3. The van der Waals surface area contributed by atoms with Crippen molar-refractivity contribution in [3.8, 4) is 11.5 Å². The molecule has 134 valence electrons. The molecule has 0 spiro atoms. The first-order chi connectivity index (χ1) is 12.1. The first-order valence-corrected chi connectivity index (χ1v) is 7.85. The fraction of sp³-hybridized carbons (Fsp3) is 0.333. The predicted molar refractivity (Wildman–Crippen MR) is 89.2 cm³/mol. The zero-order valence-electron chi connectivity index (χ0n) is 14.2. The van der Waals surface area contributed by atoms with Crippen molar-refractivity contribution in [3.05, 3.63) is 48.4 Å². The number of hydrogen-bond acceptors (Lipinski definition) is 6. The van der Waals surface area contributed by atoms with Gasteiger partial charge in [0.1, 0.15) is 17.3 Å². The summed E-state index contributed by atoms with van der Waals surface area (Å²) in [5, 5.41) is 2.63. The quantitative estimate of drug-likeness (QED) is 0.701. The molecule has 25 heavy (non-hydrogen) atoms. The summed E-state index contributed by atoms with van der Waals surface area (Å²) in [6, 6.07) is 10.5. The topological polar surface area (TPSA) is 87.0 Å². The Morgan fingerprint density at radius 2 is 1.88 bits per heavy atom. The van der Waals surface area contributed by atoms with Gasteiger partial charge in [-0.2, -0.15) is 0 Å². The Kier molecular flexibility index (Phi) is 6.88. The second kappa shape index (κ2) is 9.36. The first kappa shape index (κ1) is 18.4. The summed E-state index contributed by atoms with van der Waals surface area (Å²) in [5.41, 5.74) is 0. The van der Waals surface area contributed by atoms with E-state index in [2.05, 4.69) is 5.32 Å². The minimum atomic E-state index is -0.886. The fourth-order valence-electron chi connectivity index (χ4n) is 1.96. The highest BCUT2D eigenvalue weighted by molar-refractivity contribution is 5.83. The maximum Gasteiger partial charge on any atom is 0.310 e. The highest BCUT2D eigenvalue weighted by atomic mass is 16.5. The lowest BCUT2D eigenvalue weighted by Gasteiger charge is -2.13. The Morgan fingerprint density at radius 1 is 1.16 bits per heavy atom. The van der Waals surface area contributed by atoms with Gasteiger partial charge in [0, 0.05) is 0 Å². The number of amides is 1. The molecule has 0 aliphatic rings. The molecule has 0 radical (unpaired) electrons. The van der Waals surface area contributed by atoms with Crippen molar-refractivity contribution in [1.29, 1.82) is 0 Å². The molecule has 7 heteroatoms. The number of methoxy groups -OCH3 is 1. The Morgan fingerprint density at radius 3 is 2.52 bits per heavy atom. The maximum absolute atomic E-state index is 11.9. The lowest BCUT2D eigenvalue weighted by Crippen LogP contribution is -2.35. The molecule has 0 aliphatic heterocycles. The van der Waals surface area contributed by atoms with Crippen LogP contribution in [-0.4, -0.2) is 31.7 Å². The third-order valence-electron chi connectivity index (χ3n) is 3.33. The van der Waals surface area contributed by atoms with E-state index in [0.717, 1.165) is 5.75 Å². The Hall–Kier alpha value is -2.96. The molecule has 0 saturated carbocycles. The molecule has 1 aromatic heterocycles. The van der Waals surface area contributed by atoms with Crippen molar-refractivity contribution in [2.24, 2.45) is 0 Å². The number of esters is 1. The third-order valence-corrected chi connectivity index (χ3v) is 3.33. The van der Waals surface area contributed by atoms with Crippen LogP contribution in [0.1, 0.15) is 19.1 Å². The van der Waals surface area contributed by atoms with Gasteiger partial charge >= 0.3 is 5.97 Å². The lowest BCUT2D eigenvalue weighted by molar-refractivity contribution is -0.155. The average molecular weight is 347 g/mol. The van der Waals surface area contributed by atoms with Crippen LogP contribution in [0.2, 0.25) is 0 Å². The molecule has 0 bridgehead atoms. The van der Waals surface area contributed by atoms with E-state index in [1.807, 2.05) is 0 Å². The van der Waals surface area contributed by atoms with Crippen LogP contribution in [-0.2, 0) is 20.9 Å². The summed E-state index contributed by atoms with van der Waals surface area (Å²) in [4.78, 5) is 23.6. The van der Waals surface area contributed by atoms with Gasteiger partial charge in [0.25, 0.3) is 5.91 Å². The Bertz CT molecular complexity index is 665. The molecule has 7 nitrogen and oxygen atoms in total. The minimum Gasteiger partial charge on any atom is -0.497 e. The third kappa shape index (κ3) is 6.21. The van der Waals surface area contributed by atoms with Crippen LogP contribution in [0.3, 0.4) is 0 Å². The molecule has 1 aromatic carbocycles. The summed E-state index contributed by atoms with van der Waals surface area (Å²) < 4.78 is 20.7. The SMILES string of the molecule is COc1ccc(OCCC(=O)OC(C)C(=O)NCc2ccco2)cc1. The van der Waals surface area contributed by atoms with E-state index in [-0.39, 0.29) is 25.5 Å².